The molecule has 0 bridgehead atoms. The van der Waals surface area contributed by atoms with E-state index in [0.717, 1.165) is 22.6 Å². The quantitative estimate of drug-likeness (QED) is 0.679. The van der Waals surface area contributed by atoms with E-state index in [0.29, 0.717) is 18.5 Å². The second-order valence-electron chi connectivity index (χ2n) is 4.64. The highest BCUT2D eigenvalue weighted by molar-refractivity contribution is 5.82. The number of aldehydes is 1. The molecule has 0 spiro atoms. The van der Waals surface area contributed by atoms with Gasteiger partial charge >= 0.3 is 0 Å². The molecule has 3 aromatic rings. The lowest BCUT2D eigenvalue weighted by molar-refractivity contribution is 0.111. The van der Waals surface area contributed by atoms with E-state index in [2.05, 4.69) is 20.5 Å². The van der Waals surface area contributed by atoms with Gasteiger partial charge in [0, 0.05) is 23.5 Å². The first-order valence-electron chi connectivity index (χ1n) is 6.41. The average molecular weight is 283 g/mol. The van der Waals surface area contributed by atoms with Crippen molar-refractivity contribution in [3.05, 3.63) is 47.2 Å². The summed E-state index contributed by atoms with van der Waals surface area (Å²) in [5, 5.41) is 11.9. The number of carbonyl (C=O) groups is 1. The van der Waals surface area contributed by atoms with E-state index in [4.69, 9.17) is 4.52 Å². The van der Waals surface area contributed by atoms with Gasteiger partial charge in [-0.15, -0.1) is 5.10 Å². The minimum absolute atomic E-state index is 0.287. The molecule has 0 unspecified atom stereocenters. The lowest BCUT2D eigenvalue weighted by Crippen LogP contribution is -2.06. The molecule has 7 heteroatoms. The van der Waals surface area contributed by atoms with Crippen molar-refractivity contribution in [2.45, 2.75) is 20.4 Å². The lowest BCUT2D eigenvalue weighted by Gasteiger charge is -2.06. The third-order valence-electron chi connectivity index (χ3n) is 3.30. The van der Waals surface area contributed by atoms with Crippen LogP contribution in [0, 0.1) is 13.8 Å². The van der Waals surface area contributed by atoms with Crippen LogP contribution in [-0.4, -0.2) is 31.4 Å². The van der Waals surface area contributed by atoms with Crippen LogP contribution >= 0.6 is 0 Å². The van der Waals surface area contributed by atoms with Gasteiger partial charge in [-0.2, -0.15) is 0 Å². The highest BCUT2D eigenvalue weighted by Crippen LogP contribution is 2.22. The smallest absolute Gasteiger partial charge is 0.172 e. The normalized spacial score (nSPS) is 10.8. The molecule has 0 saturated carbocycles. The number of hydrogen-bond acceptors (Lipinski definition) is 6. The molecular formula is C14H13N5O2. The third kappa shape index (κ3) is 2.33. The monoisotopic (exact) mass is 283 g/mol. The fraction of sp³-hybridized carbons (Fsp3) is 0.214. The summed E-state index contributed by atoms with van der Waals surface area (Å²) in [6.07, 6.45) is 4.04. The molecule has 0 radical (unpaired) electrons. The molecule has 0 amide bonds. The molecule has 3 rings (SSSR count). The number of hydrogen-bond donors (Lipinski definition) is 0. The van der Waals surface area contributed by atoms with Crippen LogP contribution in [0.3, 0.4) is 0 Å². The van der Waals surface area contributed by atoms with E-state index < -0.39 is 0 Å². The minimum Gasteiger partial charge on any atom is -0.361 e. The van der Waals surface area contributed by atoms with Crippen LogP contribution in [0.1, 0.15) is 27.5 Å². The Balaban J connectivity index is 2.08. The highest BCUT2D eigenvalue weighted by atomic mass is 16.5. The summed E-state index contributed by atoms with van der Waals surface area (Å²) < 4.78 is 6.81. The minimum atomic E-state index is 0.287. The molecule has 0 atom stereocenters. The average Bonchev–Trinajstić information content (AvgIpc) is 3.06. The van der Waals surface area contributed by atoms with E-state index >= 15 is 0 Å². The van der Waals surface area contributed by atoms with Crippen molar-refractivity contribution in [1.82, 2.24) is 25.1 Å². The van der Waals surface area contributed by atoms with Gasteiger partial charge in [-0.05, 0) is 26.0 Å². The van der Waals surface area contributed by atoms with Crippen LogP contribution in [0.15, 0.2) is 29.0 Å². The molecular weight excluding hydrogens is 270 g/mol. The van der Waals surface area contributed by atoms with Crippen LogP contribution in [0.4, 0.5) is 0 Å². The summed E-state index contributed by atoms with van der Waals surface area (Å²) in [5.41, 5.74) is 3.44. The van der Waals surface area contributed by atoms with E-state index in [1.54, 1.807) is 23.1 Å². The number of carbonyl (C=O) groups excluding carboxylic acids is 1. The number of nitrogens with zero attached hydrogens (tertiary/aromatic N) is 5. The predicted molar refractivity (Wildman–Crippen MR) is 73.7 cm³/mol. The summed E-state index contributed by atoms with van der Waals surface area (Å²) in [5.74, 6) is 0.729. The topological polar surface area (TPSA) is 86.7 Å². The van der Waals surface area contributed by atoms with Gasteiger partial charge in [0.1, 0.15) is 11.5 Å². The molecule has 0 aliphatic carbocycles. The van der Waals surface area contributed by atoms with Crippen molar-refractivity contribution in [1.29, 1.82) is 0 Å². The number of rotatable bonds is 4. The van der Waals surface area contributed by atoms with Gasteiger partial charge in [0.15, 0.2) is 12.0 Å². The van der Waals surface area contributed by atoms with Crippen molar-refractivity contribution in [2.75, 3.05) is 0 Å². The van der Waals surface area contributed by atoms with Crippen molar-refractivity contribution in [3.8, 4) is 11.3 Å². The van der Waals surface area contributed by atoms with Crippen molar-refractivity contribution < 1.29 is 9.32 Å². The summed E-state index contributed by atoms with van der Waals surface area (Å²) in [4.78, 5) is 15.3. The molecule has 0 N–H and O–H groups in total. The summed E-state index contributed by atoms with van der Waals surface area (Å²) in [7, 11) is 0. The van der Waals surface area contributed by atoms with Crippen LogP contribution in [-0.2, 0) is 6.54 Å². The standard InChI is InChI=1S/C14H13N5O2/c1-9-12(10(2)21-17-9)7-19-14(13(8-20)16-18-19)11-4-3-5-15-6-11/h3-6,8H,7H2,1-2H3. The molecule has 0 aliphatic heterocycles. The van der Waals surface area contributed by atoms with Crippen LogP contribution in [0.2, 0.25) is 0 Å². The van der Waals surface area contributed by atoms with E-state index in [9.17, 15) is 4.79 Å². The molecule has 3 aromatic heterocycles. The van der Waals surface area contributed by atoms with E-state index in [-0.39, 0.29) is 5.69 Å². The second-order valence-corrected chi connectivity index (χ2v) is 4.64. The zero-order valence-corrected chi connectivity index (χ0v) is 11.6. The Labute approximate surface area is 120 Å². The predicted octanol–water partition coefficient (Wildman–Crippen LogP) is 1.81. The third-order valence-corrected chi connectivity index (χ3v) is 3.30. The first-order valence-corrected chi connectivity index (χ1v) is 6.41. The molecule has 106 valence electrons. The van der Waals surface area contributed by atoms with Crippen molar-refractivity contribution >= 4 is 6.29 Å². The second kappa shape index (κ2) is 5.28. The van der Waals surface area contributed by atoms with Gasteiger partial charge in [0.05, 0.1) is 12.2 Å². The van der Waals surface area contributed by atoms with Crippen LogP contribution in [0.25, 0.3) is 11.3 Å². The Morgan fingerprint density at radius 2 is 2.24 bits per heavy atom. The van der Waals surface area contributed by atoms with Gasteiger partial charge in [-0.3, -0.25) is 9.78 Å². The maximum Gasteiger partial charge on any atom is 0.172 e. The molecule has 0 aromatic carbocycles. The van der Waals surface area contributed by atoms with Gasteiger partial charge in [-0.25, -0.2) is 4.68 Å². The fourth-order valence-corrected chi connectivity index (χ4v) is 2.19. The largest absolute Gasteiger partial charge is 0.361 e. The van der Waals surface area contributed by atoms with Gasteiger partial charge in [0.2, 0.25) is 0 Å². The molecule has 0 fully saturated rings. The van der Waals surface area contributed by atoms with Gasteiger partial charge in [-0.1, -0.05) is 10.4 Å². The van der Waals surface area contributed by atoms with E-state index in [1.807, 2.05) is 19.9 Å². The Morgan fingerprint density at radius 1 is 1.38 bits per heavy atom. The zero-order valence-electron chi connectivity index (χ0n) is 11.6. The SMILES string of the molecule is Cc1noc(C)c1Cn1nnc(C=O)c1-c1cccnc1. The molecule has 0 aliphatic rings. The first-order chi connectivity index (χ1) is 10.2. The Bertz CT molecular complexity index is 757. The van der Waals surface area contributed by atoms with Gasteiger partial charge < -0.3 is 4.52 Å². The van der Waals surface area contributed by atoms with Crippen LogP contribution < -0.4 is 0 Å². The number of aryl methyl sites for hydroxylation is 2. The van der Waals surface area contributed by atoms with Gasteiger partial charge in [0.25, 0.3) is 0 Å². The zero-order chi connectivity index (χ0) is 14.8. The lowest BCUT2D eigenvalue weighted by atomic mass is 10.1. The molecule has 3 heterocycles. The van der Waals surface area contributed by atoms with Crippen molar-refractivity contribution in [3.63, 3.8) is 0 Å². The number of pyridine rings is 1. The maximum atomic E-state index is 11.2. The molecule has 0 saturated heterocycles. The van der Waals surface area contributed by atoms with Crippen molar-refractivity contribution in [2.24, 2.45) is 0 Å². The Morgan fingerprint density at radius 3 is 2.86 bits per heavy atom. The first kappa shape index (κ1) is 13.2. The summed E-state index contributed by atoms with van der Waals surface area (Å²) in [6.45, 7) is 4.15. The fourth-order valence-electron chi connectivity index (χ4n) is 2.19. The maximum absolute atomic E-state index is 11.2. The highest BCUT2D eigenvalue weighted by Gasteiger charge is 2.17. The Hall–Kier alpha value is -2.83. The number of aromatic nitrogens is 5. The van der Waals surface area contributed by atoms with E-state index in [1.165, 1.54) is 0 Å². The molecule has 7 nitrogen and oxygen atoms in total. The molecule has 21 heavy (non-hydrogen) atoms. The Kier molecular flexibility index (Phi) is 3.31. The summed E-state index contributed by atoms with van der Waals surface area (Å²) >= 11 is 0. The summed E-state index contributed by atoms with van der Waals surface area (Å²) in [6, 6.07) is 3.67. The van der Waals surface area contributed by atoms with Crippen LogP contribution in [0.5, 0.6) is 0 Å².